The van der Waals surface area contributed by atoms with Crippen molar-refractivity contribution in [2.45, 2.75) is 111 Å². The van der Waals surface area contributed by atoms with Crippen LogP contribution in [0, 0.1) is 5.92 Å². The molecular formula is C19H42O2Si. The smallest absolute Gasteiger partial charge is 0.337 e. The van der Waals surface area contributed by atoms with Crippen molar-refractivity contribution in [3.05, 3.63) is 0 Å². The number of hydrogen-bond donors (Lipinski definition) is 0. The molecule has 0 bridgehead atoms. The topological polar surface area (TPSA) is 18.5 Å². The highest BCUT2D eigenvalue weighted by molar-refractivity contribution is 6.67. The van der Waals surface area contributed by atoms with Gasteiger partial charge >= 0.3 is 8.56 Å². The summed E-state index contributed by atoms with van der Waals surface area (Å²) in [4.78, 5) is 0. The van der Waals surface area contributed by atoms with Crippen LogP contribution < -0.4 is 0 Å². The molecule has 0 aromatic heterocycles. The van der Waals surface area contributed by atoms with Crippen LogP contribution in [0.1, 0.15) is 92.9 Å². The molecular weight excluding hydrogens is 288 g/mol. The average molecular weight is 331 g/mol. The van der Waals surface area contributed by atoms with Crippen molar-refractivity contribution in [3.8, 4) is 0 Å². The summed E-state index contributed by atoms with van der Waals surface area (Å²) in [7, 11) is -1.97. The zero-order valence-electron chi connectivity index (χ0n) is 16.2. The van der Waals surface area contributed by atoms with Crippen molar-refractivity contribution in [2.75, 3.05) is 6.61 Å². The Morgan fingerprint density at radius 2 is 1.32 bits per heavy atom. The van der Waals surface area contributed by atoms with E-state index in [1.165, 1.54) is 51.4 Å². The van der Waals surface area contributed by atoms with Gasteiger partial charge in [-0.05, 0) is 31.4 Å². The van der Waals surface area contributed by atoms with Gasteiger partial charge in [-0.25, -0.2) is 0 Å². The van der Waals surface area contributed by atoms with E-state index in [1.54, 1.807) is 0 Å². The van der Waals surface area contributed by atoms with E-state index in [4.69, 9.17) is 8.85 Å². The second kappa shape index (κ2) is 13.6. The first-order valence-corrected chi connectivity index (χ1v) is 12.1. The van der Waals surface area contributed by atoms with Gasteiger partial charge < -0.3 is 8.85 Å². The van der Waals surface area contributed by atoms with Gasteiger partial charge in [0.1, 0.15) is 0 Å². The highest BCUT2D eigenvalue weighted by atomic mass is 28.4. The molecule has 0 heterocycles. The van der Waals surface area contributed by atoms with Gasteiger partial charge in [-0.2, -0.15) is 0 Å². The molecule has 0 N–H and O–H groups in total. The van der Waals surface area contributed by atoms with Crippen LogP contribution in [0.15, 0.2) is 0 Å². The summed E-state index contributed by atoms with van der Waals surface area (Å²) in [5.41, 5.74) is 0. The Kier molecular flexibility index (Phi) is 13.6. The molecule has 3 heteroatoms. The van der Waals surface area contributed by atoms with Crippen LogP contribution in [0.3, 0.4) is 0 Å². The fraction of sp³-hybridized carbons (Fsp3) is 1.00. The van der Waals surface area contributed by atoms with Crippen molar-refractivity contribution < 1.29 is 8.85 Å². The summed E-state index contributed by atoms with van der Waals surface area (Å²) >= 11 is 0. The first-order valence-electron chi connectivity index (χ1n) is 9.86. The Bertz CT molecular complexity index is 242. The molecule has 0 saturated heterocycles. The van der Waals surface area contributed by atoms with Crippen LogP contribution in [-0.2, 0) is 8.85 Å². The number of hydrogen-bond acceptors (Lipinski definition) is 2. The summed E-state index contributed by atoms with van der Waals surface area (Å²) in [6.45, 7) is 14.4. The van der Waals surface area contributed by atoms with Crippen molar-refractivity contribution >= 4 is 8.56 Å². The molecule has 0 aromatic rings. The Morgan fingerprint density at radius 1 is 0.773 bits per heavy atom. The average Bonchev–Trinajstić information content (AvgIpc) is 2.55. The fourth-order valence-corrected chi connectivity index (χ4v) is 5.49. The SMILES string of the molecule is CCCCCCCCCO[Si](CC)(CC)OC(C)C(C)CC. The molecule has 0 aliphatic heterocycles. The Balaban J connectivity index is 4.02. The minimum absolute atomic E-state index is 0.325. The van der Waals surface area contributed by atoms with Crippen molar-refractivity contribution in [3.63, 3.8) is 0 Å². The third-order valence-electron chi connectivity index (χ3n) is 5.04. The molecule has 0 aliphatic rings. The van der Waals surface area contributed by atoms with Gasteiger partial charge in [-0.1, -0.05) is 79.6 Å². The highest BCUT2D eigenvalue weighted by Crippen LogP contribution is 2.24. The van der Waals surface area contributed by atoms with Gasteiger partial charge in [0.25, 0.3) is 0 Å². The third-order valence-corrected chi connectivity index (χ3v) is 8.72. The Hall–Kier alpha value is 0.137. The molecule has 134 valence electrons. The lowest BCUT2D eigenvalue weighted by Gasteiger charge is -2.34. The molecule has 22 heavy (non-hydrogen) atoms. The van der Waals surface area contributed by atoms with Crippen LogP contribution in [0.4, 0.5) is 0 Å². The molecule has 0 saturated carbocycles. The van der Waals surface area contributed by atoms with Crippen molar-refractivity contribution in [2.24, 2.45) is 5.92 Å². The van der Waals surface area contributed by atoms with Gasteiger partial charge in [0.15, 0.2) is 0 Å². The maximum Gasteiger partial charge on any atom is 0.337 e. The van der Waals surface area contributed by atoms with Gasteiger partial charge in [-0.15, -0.1) is 0 Å². The predicted molar refractivity (Wildman–Crippen MR) is 101 cm³/mol. The lowest BCUT2D eigenvalue weighted by Crippen LogP contribution is -2.45. The lowest BCUT2D eigenvalue weighted by atomic mass is 10.0. The predicted octanol–water partition coefficient (Wildman–Crippen LogP) is 6.69. The van der Waals surface area contributed by atoms with Gasteiger partial charge in [-0.3, -0.25) is 0 Å². The first-order chi connectivity index (χ1) is 10.5. The van der Waals surface area contributed by atoms with Crippen LogP contribution in [0.5, 0.6) is 0 Å². The van der Waals surface area contributed by atoms with E-state index in [9.17, 15) is 0 Å². The minimum atomic E-state index is -1.97. The van der Waals surface area contributed by atoms with E-state index in [-0.39, 0.29) is 0 Å². The van der Waals surface area contributed by atoms with Gasteiger partial charge in [0.05, 0.1) is 0 Å². The molecule has 0 aromatic carbocycles. The third kappa shape index (κ3) is 9.31. The van der Waals surface area contributed by atoms with E-state index in [2.05, 4.69) is 41.5 Å². The molecule has 0 spiro atoms. The van der Waals surface area contributed by atoms with E-state index < -0.39 is 8.56 Å². The largest absolute Gasteiger partial charge is 0.394 e. The monoisotopic (exact) mass is 330 g/mol. The first kappa shape index (κ1) is 22.1. The molecule has 2 atom stereocenters. The number of unbranched alkanes of at least 4 members (excludes halogenated alkanes) is 6. The van der Waals surface area contributed by atoms with Crippen LogP contribution >= 0.6 is 0 Å². The van der Waals surface area contributed by atoms with E-state index in [0.29, 0.717) is 12.0 Å². The molecule has 0 radical (unpaired) electrons. The summed E-state index contributed by atoms with van der Waals surface area (Å²) in [6.07, 6.45) is 10.9. The van der Waals surface area contributed by atoms with Crippen LogP contribution in [0.25, 0.3) is 0 Å². The quantitative estimate of drug-likeness (QED) is 0.246. The summed E-state index contributed by atoms with van der Waals surface area (Å²) in [6, 6.07) is 2.14. The molecule has 0 aliphatic carbocycles. The number of rotatable bonds is 15. The van der Waals surface area contributed by atoms with Crippen LogP contribution in [0.2, 0.25) is 12.1 Å². The zero-order valence-corrected chi connectivity index (χ0v) is 17.2. The van der Waals surface area contributed by atoms with Gasteiger partial charge in [0, 0.05) is 12.7 Å². The van der Waals surface area contributed by atoms with E-state index in [0.717, 1.165) is 18.7 Å². The van der Waals surface area contributed by atoms with Crippen molar-refractivity contribution in [1.29, 1.82) is 0 Å². The van der Waals surface area contributed by atoms with Crippen molar-refractivity contribution in [1.82, 2.24) is 0 Å². The summed E-state index contributed by atoms with van der Waals surface area (Å²) < 4.78 is 12.8. The lowest BCUT2D eigenvalue weighted by molar-refractivity contribution is 0.0869. The fourth-order valence-electron chi connectivity index (χ4n) is 2.76. The maximum atomic E-state index is 6.47. The summed E-state index contributed by atoms with van der Waals surface area (Å²) in [5, 5.41) is 0. The Morgan fingerprint density at radius 3 is 1.82 bits per heavy atom. The molecule has 0 rings (SSSR count). The zero-order chi connectivity index (χ0) is 16.8. The normalized spacial score (nSPS) is 15.0. The summed E-state index contributed by atoms with van der Waals surface area (Å²) in [5.74, 6) is 0.618. The highest BCUT2D eigenvalue weighted by Gasteiger charge is 2.36. The van der Waals surface area contributed by atoms with Gasteiger partial charge in [0.2, 0.25) is 0 Å². The second-order valence-corrected chi connectivity index (χ2v) is 10.6. The second-order valence-electron chi connectivity index (χ2n) is 6.80. The molecule has 0 fully saturated rings. The van der Waals surface area contributed by atoms with E-state index >= 15 is 0 Å². The molecule has 2 nitrogen and oxygen atoms in total. The van der Waals surface area contributed by atoms with E-state index in [1.807, 2.05) is 0 Å². The Labute approximate surface area is 141 Å². The molecule has 0 amide bonds. The molecule has 2 unspecified atom stereocenters. The standard InChI is InChI=1S/C19H42O2Si/c1-7-11-12-13-14-15-16-17-20-22(9-3,10-4)21-19(6)18(5)8-2/h18-19H,7-17H2,1-6H3. The minimum Gasteiger partial charge on any atom is -0.394 e. The van der Waals surface area contributed by atoms with Crippen LogP contribution in [-0.4, -0.2) is 21.3 Å². The maximum absolute atomic E-state index is 6.47.